The lowest BCUT2D eigenvalue weighted by Gasteiger charge is -2.24. The number of hydrazone groups is 1. The molecule has 0 bridgehead atoms. The molecule has 162 valence electrons. The summed E-state index contributed by atoms with van der Waals surface area (Å²) >= 11 is 3.37. The Bertz CT molecular complexity index is 1170. The number of esters is 1. The Morgan fingerprint density at radius 2 is 1.97 bits per heavy atom. The summed E-state index contributed by atoms with van der Waals surface area (Å²) in [7, 11) is 0. The van der Waals surface area contributed by atoms with Crippen LogP contribution in [0.1, 0.15) is 11.3 Å². The van der Waals surface area contributed by atoms with E-state index in [2.05, 4.69) is 26.5 Å². The molecule has 1 atom stereocenters. The number of nitrogens with zero attached hydrogens (tertiary/aromatic N) is 1. The van der Waals surface area contributed by atoms with E-state index in [1.165, 1.54) is 24.6 Å². The minimum atomic E-state index is -0.839. The molecule has 2 heterocycles. The van der Waals surface area contributed by atoms with Gasteiger partial charge in [-0.1, -0.05) is 28.1 Å². The fourth-order valence-corrected chi connectivity index (χ4v) is 3.16. The first-order chi connectivity index (χ1) is 15.6. The third kappa shape index (κ3) is 5.44. The smallest absolute Gasteiger partial charge is 0.336 e. The van der Waals surface area contributed by atoms with Crippen LogP contribution < -0.4 is 19.6 Å². The fourth-order valence-electron chi connectivity index (χ4n) is 2.78. The molecular formula is C23H17BrN2O6. The molecule has 1 aromatic heterocycles. The second-order valence-corrected chi connectivity index (χ2v) is 7.47. The predicted octanol–water partition coefficient (Wildman–Crippen LogP) is 3.95. The molecule has 9 heteroatoms. The van der Waals surface area contributed by atoms with E-state index in [9.17, 15) is 9.59 Å². The van der Waals surface area contributed by atoms with Crippen molar-refractivity contribution < 1.29 is 28.2 Å². The minimum absolute atomic E-state index is 0.0696. The third-order valence-electron chi connectivity index (χ3n) is 4.29. The van der Waals surface area contributed by atoms with Crippen molar-refractivity contribution in [1.29, 1.82) is 0 Å². The van der Waals surface area contributed by atoms with Gasteiger partial charge in [-0.15, -0.1) is 0 Å². The first kappa shape index (κ1) is 21.4. The van der Waals surface area contributed by atoms with Gasteiger partial charge in [0.1, 0.15) is 18.1 Å². The molecule has 1 amide bonds. The standard InChI is InChI=1S/C23H17BrN2O6/c24-16-7-9-18(32-22(27)10-8-17-4-3-11-29-17)15(12-16)13-25-26-23(28)21-14-30-19-5-1-2-6-20(19)31-21/h1-13,21H,14H2,(H,26,28)/b10-8+,25-13+. The first-order valence-corrected chi connectivity index (χ1v) is 10.3. The van der Waals surface area contributed by atoms with Gasteiger partial charge in [0, 0.05) is 16.1 Å². The van der Waals surface area contributed by atoms with Crippen LogP contribution in [-0.2, 0) is 9.59 Å². The van der Waals surface area contributed by atoms with E-state index in [0.29, 0.717) is 22.8 Å². The summed E-state index contributed by atoms with van der Waals surface area (Å²) in [6.45, 7) is 0.0696. The van der Waals surface area contributed by atoms with Crippen molar-refractivity contribution in [3.8, 4) is 17.2 Å². The molecule has 0 fully saturated rings. The first-order valence-electron chi connectivity index (χ1n) is 9.53. The molecule has 1 N–H and O–H groups in total. The molecule has 8 nitrogen and oxygen atoms in total. The zero-order valence-electron chi connectivity index (χ0n) is 16.6. The molecule has 1 aliphatic rings. The van der Waals surface area contributed by atoms with Gasteiger partial charge in [-0.25, -0.2) is 10.2 Å². The topological polar surface area (TPSA) is 99.4 Å². The molecule has 1 aliphatic heterocycles. The van der Waals surface area contributed by atoms with Gasteiger partial charge in [0.25, 0.3) is 5.91 Å². The number of carbonyl (C=O) groups is 2. The van der Waals surface area contributed by atoms with Gasteiger partial charge in [-0.3, -0.25) is 4.79 Å². The number of halogens is 1. The molecule has 2 aromatic carbocycles. The number of hydrogen-bond donors (Lipinski definition) is 1. The maximum Gasteiger partial charge on any atom is 0.336 e. The maximum atomic E-state index is 12.4. The van der Waals surface area contributed by atoms with Crippen LogP contribution in [0.3, 0.4) is 0 Å². The van der Waals surface area contributed by atoms with Gasteiger partial charge in [-0.2, -0.15) is 5.10 Å². The summed E-state index contributed by atoms with van der Waals surface area (Å²) in [4.78, 5) is 24.5. The van der Waals surface area contributed by atoms with Crippen molar-refractivity contribution in [1.82, 2.24) is 5.43 Å². The van der Waals surface area contributed by atoms with Crippen LogP contribution in [0.4, 0.5) is 0 Å². The Hall–Kier alpha value is -3.85. The molecule has 0 spiro atoms. The number of hydrogen-bond acceptors (Lipinski definition) is 7. The van der Waals surface area contributed by atoms with E-state index in [1.54, 1.807) is 48.5 Å². The predicted molar refractivity (Wildman–Crippen MR) is 120 cm³/mol. The highest BCUT2D eigenvalue weighted by Crippen LogP contribution is 2.30. The number of para-hydroxylation sites is 2. The van der Waals surface area contributed by atoms with Crippen molar-refractivity contribution in [3.63, 3.8) is 0 Å². The number of ether oxygens (including phenoxy) is 3. The van der Waals surface area contributed by atoms with Crippen LogP contribution in [-0.4, -0.2) is 30.8 Å². The van der Waals surface area contributed by atoms with Crippen molar-refractivity contribution in [2.45, 2.75) is 6.10 Å². The van der Waals surface area contributed by atoms with Crippen LogP contribution in [0.15, 0.2) is 80.9 Å². The minimum Gasteiger partial charge on any atom is -0.485 e. The number of furan rings is 1. The van der Waals surface area contributed by atoms with Crippen LogP contribution in [0.5, 0.6) is 17.2 Å². The molecule has 3 aromatic rings. The van der Waals surface area contributed by atoms with Gasteiger partial charge >= 0.3 is 5.97 Å². The lowest BCUT2D eigenvalue weighted by molar-refractivity contribution is -0.130. The van der Waals surface area contributed by atoms with Crippen molar-refractivity contribution in [3.05, 3.63) is 82.7 Å². The molecule has 0 saturated heterocycles. The molecule has 4 rings (SSSR count). The van der Waals surface area contributed by atoms with Crippen LogP contribution in [0.2, 0.25) is 0 Å². The Morgan fingerprint density at radius 3 is 2.78 bits per heavy atom. The highest BCUT2D eigenvalue weighted by molar-refractivity contribution is 9.10. The van der Waals surface area contributed by atoms with Gasteiger partial charge < -0.3 is 18.6 Å². The van der Waals surface area contributed by atoms with E-state index in [4.69, 9.17) is 18.6 Å². The summed E-state index contributed by atoms with van der Waals surface area (Å²) in [5.41, 5.74) is 2.90. The Morgan fingerprint density at radius 1 is 1.12 bits per heavy atom. The number of carbonyl (C=O) groups excluding carboxylic acids is 2. The van der Waals surface area contributed by atoms with Gasteiger partial charge in [0.2, 0.25) is 6.10 Å². The summed E-state index contributed by atoms with van der Waals surface area (Å²) in [5.74, 6) is 0.818. The Labute approximate surface area is 191 Å². The van der Waals surface area contributed by atoms with E-state index in [1.807, 2.05) is 6.07 Å². The average Bonchev–Trinajstić information content (AvgIpc) is 3.33. The van der Waals surface area contributed by atoms with Crippen LogP contribution in [0.25, 0.3) is 6.08 Å². The lowest BCUT2D eigenvalue weighted by Crippen LogP contribution is -2.42. The van der Waals surface area contributed by atoms with Gasteiger partial charge in [-0.05, 0) is 48.5 Å². The van der Waals surface area contributed by atoms with Crippen molar-refractivity contribution in [2.75, 3.05) is 6.61 Å². The van der Waals surface area contributed by atoms with Crippen LogP contribution >= 0.6 is 15.9 Å². The van der Waals surface area contributed by atoms with Crippen molar-refractivity contribution >= 4 is 40.1 Å². The zero-order chi connectivity index (χ0) is 22.3. The summed E-state index contributed by atoms with van der Waals surface area (Å²) < 4.78 is 22.4. The second kappa shape index (κ2) is 9.97. The Kier molecular flexibility index (Phi) is 6.66. The monoisotopic (exact) mass is 496 g/mol. The SMILES string of the molecule is O=C(/C=C/c1ccco1)Oc1ccc(Br)cc1/C=N/NC(=O)C1COc2ccccc2O1. The average molecular weight is 497 g/mol. The largest absolute Gasteiger partial charge is 0.485 e. The Balaban J connectivity index is 1.38. The molecule has 0 radical (unpaired) electrons. The molecule has 32 heavy (non-hydrogen) atoms. The maximum absolute atomic E-state index is 12.4. The van der Waals surface area contributed by atoms with Crippen molar-refractivity contribution in [2.24, 2.45) is 5.10 Å². The summed E-state index contributed by atoms with van der Waals surface area (Å²) in [5, 5.41) is 3.96. The van der Waals surface area contributed by atoms with Gasteiger partial charge in [0.15, 0.2) is 11.5 Å². The quantitative estimate of drug-likeness (QED) is 0.182. The van der Waals surface area contributed by atoms with Gasteiger partial charge in [0.05, 0.1) is 12.5 Å². The van der Waals surface area contributed by atoms with E-state index in [0.717, 1.165) is 4.47 Å². The highest BCUT2D eigenvalue weighted by atomic mass is 79.9. The van der Waals surface area contributed by atoms with E-state index < -0.39 is 18.0 Å². The lowest BCUT2D eigenvalue weighted by atomic mass is 10.2. The van der Waals surface area contributed by atoms with E-state index >= 15 is 0 Å². The number of nitrogens with one attached hydrogen (secondary N) is 1. The number of rotatable bonds is 6. The molecule has 0 aliphatic carbocycles. The molecule has 0 saturated carbocycles. The zero-order valence-corrected chi connectivity index (χ0v) is 18.2. The highest BCUT2D eigenvalue weighted by Gasteiger charge is 2.27. The summed E-state index contributed by atoms with van der Waals surface area (Å²) in [6.07, 6.45) is 4.79. The van der Waals surface area contributed by atoms with Crippen LogP contribution in [0, 0.1) is 0 Å². The summed E-state index contributed by atoms with van der Waals surface area (Å²) in [6, 6.07) is 15.6. The fraction of sp³-hybridized carbons (Fsp3) is 0.0870. The molecule has 1 unspecified atom stereocenters. The number of fused-ring (bicyclic) bond motifs is 1. The third-order valence-corrected chi connectivity index (χ3v) is 4.78. The van der Waals surface area contributed by atoms with E-state index in [-0.39, 0.29) is 12.4 Å². The normalized spacial score (nSPS) is 15.1. The number of amides is 1. The molecular weight excluding hydrogens is 480 g/mol. The number of benzene rings is 2. The second-order valence-electron chi connectivity index (χ2n) is 6.55.